The second-order valence-electron chi connectivity index (χ2n) is 3.61. The van der Waals surface area contributed by atoms with Crippen molar-refractivity contribution in [3.8, 4) is 0 Å². The molecule has 0 aromatic heterocycles. The van der Waals surface area contributed by atoms with Crippen molar-refractivity contribution in [2.75, 3.05) is 0 Å². The molecule has 1 rings (SSSR count). The molecule has 0 aliphatic heterocycles. The molecule has 15 heavy (non-hydrogen) atoms. The zero-order valence-corrected chi connectivity index (χ0v) is 8.67. The molecule has 0 bridgehead atoms. The third-order valence-corrected chi connectivity index (χ3v) is 2.48. The number of rotatable bonds is 4. The normalized spacial score (nSPS) is 14.3. The van der Waals surface area contributed by atoms with Gasteiger partial charge in [-0.3, -0.25) is 0 Å². The summed E-state index contributed by atoms with van der Waals surface area (Å²) >= 11 is 0. The van der Waals surface area contributed by atoms with Gasteiger partial charge in [0.25, 0.3) is 0 Å². The van der Waals surface area contributed by atoms with Crippen molar-refractivity contribution in [1.82, 2.24) is 0 Å². The lowest BCUT2D eigenvalue weighted by Gasteiger charge is -2.28. The van der Waals surface area contributed by atoms with E-state index in [-0.39, 0.29) is 5.92 Å². The Kier molecular flexibility index (Phi) is 3.88. The summed E-state index contributed by atoms with van der Waals surface area (Å²) in [5.74, 6) is -2.25. The maximum atomic E-state index is 9.92. The summed E-state index contributed by atoms with van der Waals surface area (Å²) in [6, 6.07) is 8.66. The van der Waals surface area contributed by atoms with Crippen molar-refractivity contribution in [1.29, 1.82) is 0 Å². The Morgan fingerprint density at radius 2 is 1.87 bits per heavy atom. The Morgan fingerprint density at radius 1 is 1.27 bits per heavy atom. The van der Waals surface area contributed by atoms with Gasteiger partial charge in [0.1, 0.15) is 0 Å². The highest BCUT2D eigenvalue weighted by Crippen LogP contribution is 2.28. The lowest BCUT2D eigenvalue weighted by molar-refractivity contribution is -0.205. The third kappa shape index (κ3) is 2.81. The molecule has 0 aliphatic carbocycles. The van der Waals surface area contributed by atoms with Gasteiger partial charge in [0, 0.05) is 11.5 Å². The molecule has 3 N–H and O–H groups in total. The molecule has 1 aromatic carbocycles. The molecule has 0 heterocycles. The van der Waals surface area contributed by atoms with Crippen LogP contribution in [0.5, 0.6) is 0 Å². The molecule has 0 aliphatic rings. The molecule has 1 aromatic rings. The third-order valence-electron chi connectivity index (χ3n) is 2.48. The number of allylic oxidation sites excluding steroid dienone is 1. The van der Waals surface area contributed by atoms with Gasteiger partial charge in [-0.25, -0.2) is 0 Å². The highest BCUT2D eigenvalue weighted by Gasteiger charge is 2.31. The average Bonchev–Trinajstić information content (AvgIpc) is 2.27. The molecule has 0 saturated carbocycles. The number of hydrogen-bond donors (Lipinski definition) is 3. The van der Waals surface area contributed by atoms with Gasteiger partial charge in [-0.2, -0.15) is 0 Å². The SMILES string of the molecule is CC(CC=CO)C(O)(O)c1ccccc1. The summed E-state index contributed by atoms with van der Waals surface area (Å²) in [5.41, 5.74) is 0.462. The number of aliphatic hydroxyl groups is 3. The Morgan fingerprint density at radius 3 is 2.40 bits per heavy atom. The summed E-state index contributed by atoms with van der Waals surface area (Å²) in [6.45, 7) is 1.72. The van der Waals surface area contributed by atoms with Crippen LogP contribution in [0.4, 0.5) is 0 Å². The molecule has 3 heteroatoms. The zero-order valence-electron chi connectivity index (χ0n) is 8.67. The minimum atomic E-state index is -1.86. The fraction of sp³-hybridized carbons (Fsp3) is 0.333. The fourth-order valence-corrected chi connectivity index (χ4v) is 1.40. The van der Waals surface area contributed by atoms with E-state index in [4.69, 9.17) is 5.11 Å². The van der Waals surface area contributed by atoms with Gasteiger partial charge >= 0.3 is 0 Å². The van der Waals surface area contributed by atoms with E-state index in [1.165, 1.54) is 6.08 Å². The van der Waals surface area contributed by atoms with Crippen LogP contribution in [0.25, 0.3) is 0 Å². The summed E-state index contributed by atoms with van der Waals surface area (Å²) < 4.78 is 0. The molecular weight excluding hydrogens is 192 g/mol. The summed E-state index contributed by atoms with van der Waals surface area (Å²) in [4.78, 5) is 0. The van der Waals surface area contributed by atoms with Crippen molar-refractivity contribution in [2.45, 2.75) is 19.1 Å². The maximum absolute atomic E-state index is 9.92. The van der Waals surface area contributed by atoms with Crippen LogP contribution < -0.4 is 0 Å². The molecule has 0 radical (unpaired) electrons. The zero-order chi connectivity index (χ0) is 11.3. The van der Waals surface area contributed by atoms with Crippen LogP contribution >= 0.6 is 0 Å². The first-order chi connectivity index (χ1) is 7.09. The van der Waals surface area contributed by atoms with Crippen LogP contribution in [0.2, 0.25) is 0 Å². The van der Waals surface area contributed by atoms with E-state index in [0.717, 1.165) is 6.26 Å². The largest absolute Gasteiger partial charge is 0.516 e. The molecule has 82 valence electrons. The Labute approximate surface area is 89.3 Å². The standard InChI is InChI=1S/C12H16O3/c1-10(6-5-9-13)12(14,15)11-7-3-2-4-8-11/h2-5,7-10,13-15H,6H2,1H3. The van der Waals surface area contributed by atoms with Crippen LogP contribution in [0.1, 0.15) is 18.9 Å². The van der Waals surface area contributed by atoms with Crippen molar-refractivity contribution < 1.29 is 15.3 Å². The second kappa shape index (κ2) is 4.96. The lowest BCUT2D eigenvalue weighted by atomic mass is 9.91. The van der Waals surface area contributed by atoms with Crippen LogP contribution in [0.3, 0.4) is 0 Å². The molecule has 0 fully saturated rings. The number of benzene rings is 1. The lowest BCUT2D eigenvalue weighted by Crippen LogP contribution is -2.32. The summed E-state index contributed by atoms with van der Waals surface area (Å²) in [5, 5.41) is 28.3. The molecule has 0 saturated heterocycles. The molecule has 0 spiro atoms. The summed E-state index contributed by atoms with van der Waals surface area (Å²) in [7, 11) is 0. The molecule has 1 unspecified atom stereocenters. The van der Waals surface area contributed by atoms with Gasteiger partial charge in [0.2, 0.25) is 0 Å². The van der Waals surface area contributed by atoms with Gasteiger partial charge in [-0.15, -0.1) is 0 Å². The monoisotopic (exact) mass is 208 g/mol. The first kappa shape index (κ1) is 11.8. The first-order valence-electron chi connectivity index (χ1n) is 4.88. The second-order valence-corrected chi connectivity index (χ2v) is 3.61. The van der Waals surface area contributed by atoms with E-state index in [1.807, 2.05) is 6.07 Å². The fourth-order valence-electron chi connectivity index (χ4n) is 1.40. The maximum Gasteiger partial charge on any atom is 0.192 e. The Balaban J connectivity index is 2.82. The van der Waals surface area contributed by atoms with Crippen molar-refractivity contribution in [3.05, 3.63) is 48.2 Å². The van der Waals surface area contributed by atoms with Gasteiger partial charge in [0.15, 0.2) is 5.79 Å². The van der Waals surface area contributed by atoms with E-state index in [0.29, 0.717) is 12.0 Å². The van der Waals surface area contributed by atoms with Crippen LogP contribution in [-0.2, 0) is 5.79 Å². The molecular formula is C12H16O3. The van der Waals surface area contributed by atoms with Crippen LogP contribution in [-0.4, -0.2) is 15.3 Å². The molecule has 0 amide bonds. The van der Waals surface area contributed by atoms with Crippen LogP contribution in [0.15, 0.2) is 42.7 Å². The van der Waals surface area contributed by atoms with E-state index in [2.05, 4.69) is 0 Å². The van der Waals surface area contributed by atoms with E-state index in [1.54, 1.807) is 31.2 Å². The van der Waals surface area contributed by atoms with Gasteiger partial charge in [0.05, 0.1) is 6.26 Å². The predicted molar refractivity (Wildman–Crippen MR) is 58.1 cm³/mol. The quantitative estimate of drug-likeness (QED) is 0.523. The minimum absolute atomic E-state index is 0.386. The van der Waals surface area contributed by atoms with E-state index >= 15 is 0 Å². The average molecular weight is 208 g/mol. The minimum Gasteiger partial charge on any atom is -0.516 e. The number of hydrogen-bond acceptors (Lipinski definition) is 3. The van der Waals surface area contributed by atoms with Crippen LogP contribution in [0, 0.1) is 5.92 Å². The van der Waals surface area contributed by atoms with Crippen molar-refractivity contribution >= 4 is 0 Å². The van der Waals surface area contributed by atoms with E-state index < -0.39 is 5.79 Å². The van der Waals surface area contributed by atoms with Gasteiger partial charge in [-0.05, 0) is 12.5 Å². The van der Waals surface area contributed by atoms with Crippen molar-refractivity contribution in [2.24, 2.45) is 5.92 Å². The Bertz CT molecular complexity index is 317. The van der Waals surface area contributed by atoms with E-state index in [9.17, 15) is 10.2 Å². The summed E-state index contributed by atoms with van der Waals surface area (Å²) in [6.07, 6.45) is 2.81. The van der Waals surface area contributed by atoms with Gasteiger partial charge < -0.3 is 15.3 Å². The highest BCUT2D eigenvalue weighted by atomic mass is 16.5. The Hall–Kier alpha value is -1.32. The highest BCUT2D eigenvalue weighted by molar-refractivity contribution is 5.20. The number of aliphatic hydroxyl groups excluding tert-OH is 1. The van der Waals surface area contributed by atoms with Gasteiger partial charge in [-0.1, -0.05) is 37.3 Å². The molecule has 3 nitrogen and oxygen atoms in total. The smallest absolute Gasteiger partial charge is 0.192 e. The topological polar surface area (TPSA) is 60.7 Å². The molecule has 1 atom stereocenters. The predicted octanol–water partition coefficient (Wildman–Crippen LogP) is 1.92. The van der Waals surface area contributed by atoms with Crippen molar-refractivity contribution in [3.63, 3.8) is 0 Å². The first-order valence-corrected chi connectivity index (χ1v) is 4.88.